The third kappa shape index (κ3) is 24.5. The van der Waals surface area contributed by atoms with Crippen LogP contribution >= 0.6 is 0 Å². The fourth-order valence-corrected chi connectivity index (χ4v) is 0.287. The summed E-state index contributed by atoms with van der Waals surface area (Å²) in [6.07, 6.45) is 4.74. The average molecular weight is 259 g/mol. The van der Waals surface area contributed by atoms with Crippen LogP contribution in [0.3, 0.4) is 0 Å². The van der Waals surface area contributed by atoms with Crippen LogP contribution in [0.4, 0.5) is 0 Å². The predicted molar refractivity (Wildman–Crippen MR) is 54.6 cm³/mol. The summed E-state index contributed by atoms with van der Waals surface area (Å²) in [7, 11) is 0. The summed E-state index contributed by atoms with van der Waals surface area (Å²) in [6, 6.07) is 0. The summed E-state index contributed by atoms with van der Waals surface area (Å²) in [4.78, 5) is 9.65. The first-order valence-electron chi connectivity index (χ1n) is 4.76. The summed E-state index contributed by atoms with van der Waals surface area (Å²) < 4.78 is 0. The van der Waals surface area contributed by atoms with E-state index >= 15 is 0 Å². The second-order valence-electron chi connectivity index (χ2n) is 3.38. The maximum Gasteiger partial charge on any atom is 0 e. The summed E-state index contributed by atoms with van der Waals surface area (Å²) in [6.45, 7) is 12.1. The maximum absolute atomic E-state index is 9.65. The maximum atomic E-state index is 9.65. The first-order chi connectivity index (χ1) is 5.58. The van der Waals surface area contributed by atoms with Gasteiger partial charge in [0.25, 0.3) is 0 Å². The molecule has 0 saturated heterocycles. The Bertz CT molecular complexity index is 92.1. The van der Waals surface area contributed by atoms with E-state index in [4.69, 9.17) is 0 Å². The molecule has 2 unspecified atom stereocenters. The SMILES string of the molecule is CCC(C)C[C-]=O.[CH2-]C(C)CC.[Y]. The molecule has 0 rings (SSSR count). The predicted octanol–water partition coefficient (Wildman–Crippen LogP) is 3.40. The molecule has 1 nitrogen and oxygen atoms in total. The number of hydrogen-bond donors (Lipinski definition) is 0. The standard InChI is InChI=1S/C6H11O.C5H11.Y/c1-3-6(2)4-5-7;1-4-5(2)3;/h6H,3-4H2,1-2H3;5H,2,4H2,1,3H3;/q2*-1;. The van der Waals surface area contributed by atoms with Gasteiger partial charge in [-0.25, -0.2) is 0 Å². The second kappa shape index (κ2) is 15.3. The van der Waals surface area contributed by atoms with Gasteiger partial charge < -0.3 is 11.7 Å². The molecule has 0 aromatic rings. The van der Waals surface area contributed by atoms with Gasteiger partial charge in [0.15, 0.2) is 0 Å². The molecule has 13 heavy (non-hydrogen) atoms. The Balaban J connectivity index is -0.000000150. The number of hydrogen-bond acceptors (Lipinski definition) is 1. The van der Waals surface area contributed by atoms with Crippen molar-refractivity contribution in [2.24, 2.45) is 11.8 Å². The molecule has 77 valence electrons. The topological polar surface area (TPSA) is 17.1 Å². The van der Waals surface area contributed by atoms with Gasteiger partial charge in [-0.15, -0.1) is 6.42 Å². The fraction of sp³-hybridized carbons (Fsp3) is 0.818. The van der Waals surface area contributed by atoms with Gasteiger partial charge in [-0.2, -0.15) is 5.92 Å². The van der Waals surface area contributed by atoms with Crippen molar-refractivity contribution in [1.82, 2.24) is 0 Å². The molecule has 0 aliphatic carbocycles. The molecule has 0 heterocycles. The Morgan fingerprint density at radius 2 is 1.62 bits per heavy atom. The van der Waals surface area contributed by atoms with E-state index in [0.717, 1.165) is 6.42 Å². The van der Waals surface area contributed by atoms with Gasteiger partial charge in [0.1, 0.15) is 0 Å². The van der Waals surface area contributed by atoms with Gasteiger partial charge in [-0.3, -0.25) is 6.29 Å². The monoisotopic (exact) mass is 259 g/mol. The van der Waals surface area contributed by atoms with Gasteiger partial charge in [-0.05, 0) is 0 Å². The van der Waals surface area contributed by atoms with Gasteiger partial charge in [0, 0.05) is 32.7 Å². The molecule has 0 N–H and O–H groups in total. The first-order valence-corrected chi connectivity index (χ1v) is 4.76. The van der Waals surface area contributed by atoms with E-state index in [-0.39, 0.29) is 32.7 Å². The second-order valence-corrected chi connectivity index (χ2v) is 3.38. The van der Waals surface area contributed by atoms with Crippen molar-refractivity contribution in [1.29, 1.82) is 0 Å². The fourth-order valence-electron chi connectivity index (χ4n) is 0.287. The summed E-state index contributed by atoms with van der Waals surface area (Å²) in [5.74, 6) is 1.16. The average Bonchev–Trinajstić information content (AvgIpc) is 2.06. The van der Waals surface area contributed by atoms with Gasteiger partial charge in [0.2, 0.25) is 0 Å². The van der Waals surface area contributed by atoms with Crippen molar-refractivity contribution in [2.45, 2.75) is 47.0 Å². The van der Waals surface area contributed by atoms with Crippen LogP contribution in [0.1, 0.15) is 47.0 Å². The molecule has 0 bridgehead atoms. The van der Waals surface area contributed by atoms with Crippen molar-refractivity contribution in [3.05, 3.63) is 6.92 Å². The van der Waals surface area contributed by atoms with Crippen LogP contribution in [0.2, 0.25) is 0 Å². The minimum atomic E-state index is 0. The summed E-state index contributed by atoms with van der Waals surface area (Å²) in [5.41, 5.74) is 0. The van der Waals surface area contributed by atoms with Crippen molar-refractivity contribution in [3.63, 3.8) is 0 Å². The zero-order valence-electron chi connectivity index (χ0n) is 9.47. The third-order valence-electron chi connectivity index (χ3n) is 1.83. The van der Waals surface area contributed by atoms with Crippen LogP contribution in [0.15, 0.2) is 0 Å². The van der Waals surface area contributed by atoms with Crippen LogP contribution in [0.25, 0.3) is 0 Å². The van der Waals surface area contributed by atoms with Gasteiger partial charge in [-0.1, -0.05) is 46.5 Å². The van der Waals surface area contributed by atoms with E-state index in [1.807, 2.05) is 13.2 Å². The Labute approximate surface area is 109 Å². The van der Waals surface area contributed by atoms with Crippen LogP contribution < -0.4 is 0 Å². The molecular formula is C11H22OY-2. The van der Waals surface area contributed by atoms with Crippen molar-refractivity contribution < 1.29 is 37.5 Å². The quantitative estimate of drug-likeness (QED) is 0.707. The van der Waals surface area contributed by atoms with E-state index in [9.17, 15) is 4.79 Å². The molecular weight excluding hydrogens is 237 g/mol. The normalized spacial score (nSPS) is 13.0. The molecule has 0 saturated carbocycles. The number of rotatable bonds is 4. The Morgan fingerprint density at radius 3 is 1.69 bits per heavy atom. The minimum absolute atomic E-state index is 0. The third-order valence-corrected chi connectivity index (χ3v) is 1.83. The Morgan fingerprint density at radius 1 is 1.23 bits per heavy atom. The van der Waals surface area contributed by atoms with Crippen molar-refractivity contribution >= 4 is 6.29 Å². The Hall–Kier alpha value is 0.774. The molecule has 2 atom stereocenters. The van der Waals surface area contributed by atoms with Crippen LogP contribution in [-0.4, -0.2) is 6.29 Å². The van der Waals surface area contributed by atoms with Crippen LogP contribution in [-0.2, 0) is 37.5 Å². The summed E-state index contributed by atoms with van der Waals surface area (Å²) in [5, 5.41) is 0. The van der Waals surface area contributed by atoms with Crippen molar-refractivity contribution in [3.8, 4) is 0 Å². The van der Waals surface area contributed by atoms with Gasteiger partial charge >= 0.3 is 0 Å². The zero-order valence-corrected chi connectivity index (χ0v) is 12.3. The molecule has 2 heteroatoms. The minimum Gasteiger partial charge on any atom is -0.542 e. The van der Waals surface area contributed by atoms with E-state index in [0.29, 0.717) is 18.3 Å². The molecule has 0 fully saturated rings. The van der Waals surface area contributed by atoms with E-state index < -0.39 is 0 Å². The Kier molecular flexibility index (Phi) is 22.7. The van der Waals surface area contributed by atoms with Crippen LogP contribution in [0.5, 0.6) is 0 Å². The van der Waals surface area contributed by atoms with E-state index in [1.165, 1.54) is 6.42 Å². The van der Waals surface area contributed by atoms with E-state index in [1.54, 1.807) is 0 Å². The number of carbonyl (C=O) groups excluding carboxylic acids is 1. The summed E-state index contributed by atoms with van der Waals surface area (Å²) >= 11 is 0. The molecule has 0 spiro atoms. The largest absolute Gasteiger partial charge is 0.542 e. The smallest absolute Gasteiger partial charge is 0 e. The molecule has 0 aromatic heterocycles. The van der Waals surface area contributed by atoms with Gasteiger partial charge in [0.05, 0.1) is 0 Å². The zero-order chi connectivity index (χ0) is 9.98. The van der Waals surface area contributed by atoms with E-state index in [2.05, 4.69) is 27.7 Å². The molecule has 0 aliphatic heterocycles. The first kappa shape index (κ1) is 19.4. The molecule has 1 radical (unpaired) electrons. The van der Waals surface area contributed by atoms with Crippen LogP contribution in [0, 0.1) is 18.8 Å². The molecule has 0 amide bonds. The van der Waals surface area contributed by atoms with Crippen molar-refractivity contribution in [2.75, 3.05) is 0 Å². The molecule has 0 aliphatic rings. The molecule has 0 aromatic carbocycles.